The van der Waals surface area contributed by atoms with Gasteiger partial charge < -0.3 is 15.1 Å². The zero-order valence-corrected chi connectivity index (χ0v) is 5.59. The molecule has 0 bridgehead atoms. The van der Waals surface area contributed by atoms with E-state index in [0.717, 1.165) is 0 Å². The van der Waals surface area contributed by atoms with Gasteiger partial charge in [0.15, 0.2) is 0 Å². The Morgan fingerprint density at radius 3 is 1.00 bits per heavy atom. The molecule has 0 amide bonds. The summed E-state index contributed by atoms with van der Waals surface area (Å²) in [7, 11) is -2.17. The molecule has 0 aromatic carbocycles. The molecule has 0 radical (unpaired) electrons. The van der Waals surface area contributed by atoms with Crippen molar-refractivity contribution < 1.29 is 34.6 Å². The molecule has 0 rings (SSSR count). The van der Waals surface area contributed by atoms with Crippen molar-refractivity contribution in [3.05, 3.63) is 0 Å². The van der Waals surface area contributed by atoms with Crippen LogP contribution in [-0.2, 0) is 19.5 Å². The van der Waals surface area contributed by atoms with E-state index in [-0.39, 0.29) is 42.5 Å². The van der Waals surface area contributed by atoms with Crippen molar-refractivity contribution in [2.45, 2.75) is 0 Å². The minimum atomic E-state index is -2.17. The van der Waals surface area contributed by atoms with Crippen LogP contribution in [0.1, 0.15) is 0 Å². The Kier molecular flexibility index (Phi) is 25.0. The van der Waals surface area contributed by atoms with Gasteiger partial charge in [-0.2, -0.15) is 0 Å². The normalized spacial score (nSPS) is 4.50. The van der Waals surface area contributed by atoms with Crippen LogP contribution in [0.3, 0.4) is 0 Å². The maximum Gasteiger partial charge on any atom is 0.631 e. The van der Waals surface area contributed by atoms with Crippen molar-refractivity contribution in [2.24, 2.45) is 0 Å². The Labute approximate surface area is 64.8 Å². The van der Waals surface area contributed by atoms with Crippen LogP contribution in [-0.4, -0.2) is 45.4 Å². The molecule has 0 aromatic heterocycles. The fourth-order valence-corrected chi connectivity index (χ4v) is 0. The van der Waals surface area contributed by atoms with Crippen molar-refractivity contribution in [3.63, 3.8) is 0 Å². The molecule has 0 aliphatic carbocycles. The summed E-state index contributed by atoms with van der Waals surface area (Å²) < 4.78 is 0. The third-order valence-corrected chi connectivity index (χ3v) is 0. The molecule has 6 heteroatoms. The average molecular weight is 154 g/mol. The van der Waals surface area contributed by atoms with Crippen LogP contribution in [0.15, 0.2) is 0 Å². The summed E-state index contributed by atoms with van der Waals surface area (Å²) in [4.78, 5) is 0. The van der Waals surface area contributed by atoms with Gasteiger partial charge in [-0.25, -0.2) is 0 Å². The molecule has 0 spiro atoms. The van der Waals surface area contributed by atoms with Crippen LogP contribution in [0, 0.1) is 0 Å². The van der Waals surface area contributed by atoms with Gasteiger partial charge in [0.1, 0.15) is 0 Å². The molecular formula is H5BMgO3Zn. The molecule has 3 nitrogen and oxygen atoms in total. The van der Waals surface area contributed by atoms with Gasteiger partial charge in [0.25, 0.3) is 0 Å². The summed E-state index contributed by atoms with van der Waals surface area (Å²) in [6, 6.07) is 0. The predicted molar refractivity (Wildman–Crippen MR) is 21.0 cm³/mol. The maximum absolute atomic E-state index is 7.17. The van der Waals surface area contributed by atoms with E-state index in [1.807, 2.05) is 0 Å². The van der Waals surface area contributed by atoms with E-state index in [9.17, 15) is 0 Å². The van der Waals surface area contributed by atoms with Crippen LogP contribution in [0.25, 0.3) is 0 Å². The monoisotopic (exact) mass is 152 g/mol. The molecule has 0 fully saturated rings. The second-order valence-corrected chi connectivity index (χ2v) is 0.346. The second kappa shape index (κ2) is 9.59. The van der Waals surface area contributed by atoms with Gasteiger partial charge in [0, 0.05) is 19.5 Å². The minimum absolute atomic E-state index is 0. The topological polar surface area (TPSA) is 60.7 Å². The molecule has 0 aromatic rings. The first-order valence-electron chi connectivity index (χ1n) is 0.775. The molecule has 0 saturated carbocycles. The Hall–Kier alpha value is 1.33. The minimum Gasteiger partial charge on any atom is -0.402 e. The van der Waals surface area contributed by atoms with E-state index < -0.39 is 7.32 Å². The molecule has 30 valence electrons. The zero-order valence-electron chi connectivity index (χ0n) is 2.63. The first-order chi connectivity index (χ1) is 1.73. The van der Waals surface area contributed by atoms with E-state index in [1.165, 1.54) is 0 Å². The first-order valence-corrected chi connectivity index (χ1v) is 0.775. The zero-order chi connectivity index (χ0) is 3.58. The summed E-state index contributed by atoms with van der Waals surface area (Å²) in [5.41, 5.74) is 0. The van der Waals surface area contributed by atoms with Crippen molar-refractivity contribution >= 4 is 30.4 Å². The molecule has 0 unspecified atom stereocenters. The summed E-state index contributed by atoms with van der Waals surface area (Å²) >= 11 is 0. The largest absolute Gasteiger partial charge is 0.631 e. The predicted octanol–water partition coefficient (Wildman–Crippen LogP) is -2.97. The number of rotatable bonds is 0. The van der Waals surface area contributed by atoms with Crippen LogP contribution in [0.2, 0.25) is 0 Å². The smallest absolute Gasteiger partial charge is 0.402 e. The average Bonchev–Trinajstić information content (AvgIpc) is 0.811. The van der Waals surface area contributed by atoms with Crippen LogP contribution in [0.4, 0.5) is 0 Å². The third-order valence-electron chi connectivity index (χ3n) is 0. The fourth-order valence-electron chi connectivity index (χ4n) is 0. The molecule has 0 aliphatic heterocycles. The number of hydrogen-bond donors (Lipinski definition) is 3. The molecule has 0 aliphatic rings. The van der Waals surface area contributed by atoms with Gasteiger partial charge in [-0.05, 0) is 0 Å². The van der Waals surface area contributed by atoms with Gasteiger partial charge in [0.05, 0.1) is 0 Å². The Bertz CT molecular complexity index is 15.5. The summed E-state index contributed by atoms with van der Waals surface area (Å²) in [6.45, 7) is 0. The molecule has 0 heterocycles. The van der Waals surface area contributed by atoms with E-state index in [2.05, 4.69) is 0 Å². The summed E-state index contributed by atoms with van der Waals surface area (Å²) in [5, 5.41) is 21.5. The van der Waals surface area contributed by atoms with Gasteiger partial charge in [-0.1, -0.05) is 0 Å². The summed E-state index contributed by atoms with van der Waals surface area (Å²) in [5.74, 6) is 0. The molecular weight excluding hydrogens is 149 g/mol. The second-order valence-electron chi connectivity index (χ2n) is 0.346. The van der Waals surface area contributed by atoms with Crippen LogP contribution >= 0.6 is 0 Å². The van der Waals surface area contributed by atoms with Crippen molar-refractivity contribution in [1.82, 2.24) is 0 Å². The summed E-state index contributed by atoms with van der Waals surface area (Å²) in [6.07, 6.45) is 0. The molecule has 0 atom stereocenters. The Morgan fingerprint density at radius 1 is 1.00 bits per heavy atom. The van der Waals surface area contributed by atoms with Crippen molar-refractivity contribution in [2.75, 3.05) is 0 Å². The SMILES string of the molecule is OB(O)O.[MgH2].[Zn]. The van der Waals surface area contributed by atoms with E-state index >= 15 is 0 Å². The molecule has 0 saturated heterocycles. The fraction of sp³-hybridized carbons (Fsp3) is 0. The van der Waals surface area contributed by atoms with E-state index in [1.54, 1.807) is 0 Å². The van der Waals surface area contributed by atoms with Gasteiger partial charge in [0.2, 0.25) is 0 Å². The standard InChI is InChI=1S/BH3O3.Mg.Zn.2H/c2-1(3)4;;;;/h2-4H;;;;. The maximum atomic E-state index is 7.17. The van der Waals surface area contributed by atoms with E-state index in [0.29, 0.717) is 0 Å². The van der Waals surface area contributed by atoms with Crippen LogP contribution < -0.4 is 0 Å². The Balaban J connectivity index is -0.0000000450. The van der Waals surface area contributed by atoms with Gasteiger partial charge in [-0.15, -0.1) is 0 Å². The number of hydrogen-bond acceptors (Lipinski definition) is 3. The molecule has 6 heavy (non-hydrogen) atoms. The molecule has 3 N–H and O–H groups in total. The Morgan fingerprint density at radius 2 is 1.00 bits per heavy atom. The van der Waals surface area contributed by atoms with Crippen molar-refractivity contribution in [1.29, 1.82) is 0 Å². The first kappa shape index (κ1) is 15.7. The third kappa shape index (κ3) is 56.3. The van der Waals surface area contributed by atoms with E-state index in [4.69, 9.17) is 15.1 Å². The van der Waals surface area contributed by atoms with Crippen molar-refractivity contribution in [3.8, 4) is 0 Å². The van der Waals surface area contributed by atoms with Crippen LogP contribution in [0.5, 0.6) is 0 Å². The quantitative estimate of drug-likeness (QED) is 0.326. The van der Waals surface area contributed by atoms with Gasteiger partial charge in [-0.3, -0.25) is 0 Å². The van der Waals surface area contributed by atoms with Gasteiger partial charge >= 0.3 is 30.4 Å².